The molecule has 0 aliphatic heterocycles. The van der Waals surface area contributed by atoms with Crippen LogP contribution in [-0.4, -0.2) is 52.5 Å². The summed E-state index contributed by atoms with van der Waals surface area (Å²) in [5.74, 6) is -0.428. The number of anilines is 3. The smallest absolute Gasteiger partial charge is 0.229 e. The molecule has 194 valence electrons. The molecule has 4 rings (SSSR count). The van der Waals surface area contributed by atoms with Crippen LogP contribution in [0.1, 0.15) is 32.0 Å². The Kier molecular flexibility index (Phi) is 8.08. The largest absolute Gasteiger partial charge is 0.372 e. The summed E-state index contributed by atoms with van der Waals surface area (Å²) in [7, 11) is 1.95. The number of rotatable bonds is 11. The van der Waals surface area contributed by atoms with Gasteiger partial charge in [-0.1, -0.05) is 0 Å². The van der Waals surface area contributed by atoms with E-state index in [1.807, 2.05) is 43.4 Å². The predicted octanol–water partition coefficient (Wildman–Crippen LogP) is 5.02. The van der Waals surface area contributed by atoms with Crippen molar-refractivity contribution in [1.29, 1.82) is 0 Å². The van der Waals surface area contributed by atoms with Gasteiger partial charge in [-0.05, 0) is 51.1 Å². The lowest BCUT2D eigenvalue weighted by molar-refractivity contribution is -0.107. The van der Waals surface area contributed by atoms with E-state index in [0.717, 1.165) is 37.0 Å². The average molecular weight is 508 g/mol. The van der Waals surface area contributed by atoms with Crippen molar-refractivity contribution >= 4 is 34.6 Å². The molecule has 1 aromatic carbocycles. The zero-order valence-electron chi connectivity index (χ0n) is 21.4. The van der Waals surface area contributed by atoms with E-state index in [1.54, 1.807) is 24.4 Å². The molecule has 37 heavy (non-hydrogen) atoms. The van der Waals surface area contributed by atoms with Crippen LogP contribution in [0, 0.1) is 18.6 Å². The molecular weight excluding hydrogens is 476 g/mol. The molecule has 0 aliphatic carbocycles. The number of fused-ring (bicyclic) bond motifs is 1. The van der Waals surface area contributed by atoms with Crippen LogP contribution in [0.4, 0.5) is 26.2 Å². The summed E-state index contributed by atoms with van der Waals surface area (Å²) in [6.07, 6.45) is 4.17. The lowest BCUT2D eigenvalue weighted by Crippen LogP contribution is -2.29. The second-order valence-electron chi connectivity index (χ2n) is 9.18. The van der Waals surface area contributed by atoms with Crippen molar-refractivity contribution in [3.8, 4) is 11.3 Å². The first-order valence-electron chi connectivity index (χ1n) is 12.2. The SMILES string of the molecule is Cc1cc2c(F)cc(-c3nc(Nc4ccc(N(C)CCNCCC=O)cn4)ncc3F)cc2n1C(C)C. The summed E-state index contributed by atoms with van der Waals surface area (Å²) in [4.78, 5) is 25.2. The van der Waals surface area contributed by atoms with Gasteiger partial charge in [0, 0.05) is 55.8 Å². The monoisotopic (exact) mass is 507 g/mol. The standard InChI is InChI=1S/C27H31F2N7O/c1-17(2)36-18(3)12-21-22(28)13-19(14-24(21)36)26-23(29)16-32-27(34-26)33-25-7-6-20(15-31-25)35(4)10-9-30-8-5-11-37/h6-7,11-17,30H,5,8-10H2,1-4H3,(H,31,32,33,34). The number of halogens is 2. The minimum absolute atomic E-state index is 0.00546. The van der Waals surface area contributed by atoms with Gasteiger partial charge in [-0.2, -0.15) is 0 Å². The molecule has 0 atom stereocenters. The summed E-state index contributed by atoms with van der Waals surface area (Å²) in [5, 5.41) is 6.69. The van der Waals surface area contributed by atoms with Crippen LogP contribution in [0.15, 0.2) is 42.7 Å². The molecule has 0 aliphatic rings. The van der Waals surface area contributed by atoms with Crippen LogP contribution in [0.5, 0.6) is 0 Å². The van der Waals surface area contributed by atoms with Gasteiger partial charge in [0.15, 0.2) is 5.82 Å². The molecule has 0 saturated carbocycles. The molecule has 4 aromatic rings. The van der Waals surface area contributed by atoms with Gasteiger partial charge in [0.05, 0.1) is 23.6 Å². The molecule has 0 bridgehead atoms. The van der Waals surface area contributed by atoms with Gasteiger partial charge in [-0.25, -0.2) is 23.7 Å². The van der Waals surface area contributed by atoms with Crippen molar-refractivity contribution < 1.29 is 13.6 Å². The van der Waals surface area contributed by atoms with Gasteiger partial charge < -0.3 is 24.9 Å². The van der Waals surface area contributed by atoms with Crippen LogP contribution in [0.2, 0.25) is 0 Å². The van der Waals surface area contributed by atoms with Gasteiger partial charge in [0.25, 0.3) is 0 Å². The number of aldehydes is 1. The Morgan fingerprint density at radius 3 is 2.59 bits per heavy atom. The minimum atomic E-state index is -0.643. The second-order valence-corrected chi connectivity index (χ2v) is 9.18. The van der Waals surface area contributed by atoms with Gasteiger partial charge in [-0.15, -0.1) is 0 Å². The van der Waals surface area contributed by atoms with E-state index in [-0.39, 0.29) is 17.7 Å². The molecule has 10 heteroatoms. The predicted molar refractivity (Wildman–Crippen MR) is 142 cm³/mol. The Balaban J connectivity index is 1.53. The van der Waals surface area contributed by atoms with Crippen molar-refractivity contribution in [2.24, 2.45) is 0 Å². The van der Waals surface area contributed by atoms with Crippen LogP contribution in [0.3, 0.4) is 0 Å². The van der Waals surface area contributed by atoms with E-state index < -0.39 is 11.6 Å². The summed E-state index contributed by atoms with van der Waals surface area (Å²) < 4.78 is 31.8. The number of aryl methyl sites for hydroxylation is 1. The Labute approximate surface area is 214 Å². The van der Waals surface area contributed by atoms with E-state index in [9.17, 15) is 13.6 Å². The van der Waals surface area contributed by atoms with Crippen molar-refractivity contribution in [2.75, 3.05) is 36.9 Å². The second kappa shape index (κ2) is 11.4. The molecule has 0 spiro atoms. The molecule has 0 amide bonds. The third-order valence-corrected chi connectivity index (χ3v) is 6.13. The minimum Gasteiger partial charge on any atom is -0.372 e. The lowest BCUT2D eigenvalue weighted by atomic mass is 10.1. The third kappa shape index (κ3) is 5.91. The first-order valence-corrected chi connectivity index (χ1v) is 12.2. The molecular formula is C27H31F2N7O. The first kappa shape index (κ1) is 26.2. The Morgan fingerprint density at radius 1 is 1.08 bits per heavy atom. The fourth-order valence-corrected chi connectivity index (χ4v) is 4.33. The van der Waals surface area contributed by atoms with Crippen molar-refractivity contribution in [3.63, 3.8) is 0 Å². The van der Waals surface area contributed by atoms with Crippen LogP contribution >= 0.6 is 0 Å². The van der Waals surface area contributed by atoms with E-state index in [0.29, 0.717) is 35.2 Å². The highest BCUT2D eigenvalue weighted by Gasteiger charge is 2.17. The van der Waals surface area contributed by atoms with E-state index in [1.165, 1.54) is 6.07 Å². The fraction of sp³-hybridized carbons (Fsp3) is 0.333. The number of benzene rings is 1. The van der Waals surface area contributed by atoms with E-state index in [4.69, 9.17) is 0 Å². The number of carbonyl (C=O) groups excluding carboxylic acids is 1. The highest BCUT2D eigenvalue weighted by Crippen LogP contribution is 2.32. The maximum absolute atomic E-state index is 15.0. The molecule has 8 nitrogen and oxygen atoms in total. The number of hydrogen-bond acceptors (Lipinski definition) is 7. The summed E-state index contributed by atoms with van der Waals surface area (Å²) in [6.45, 7) is 8.11. The number of nitrogens with one attached hydrogen (secondary N) is 2. The fourth-order valence-electron chi connectivity index (χ4n) is 4.33. The Bertz CT molecular complexity index is 1390. The van der Waals surface area contributed by atoms with E-state index >= 15 is 0 Å². The zero-order valence-corrected chi connectivity index (χ0v) is 21.4. The highest BCUT2D eigenvalue weighted by molar-refractivity contribution is 5.87. The molecule has 0 radical (unpaired) electrons. The quantitative estimate of drug-likeness (QED) is 0.218. The number of aromatic nitrogens is 4. The Morgan fingerprint density at radius 2 is 1.89 bits per heavy atom. The van der Waals surface area contributed by atoms with Crippen LogP contribution in [-0.2, 0) is 4.79 Å². The molecule has 3 aromatic heterocycles. The van der Waals surface area contributed by atoms with Gasteiger partial charge >= 0.3 is 0 Å². The zero-order chi connectivity index (χ0) is 26.5. The van der Waals surface area contributed by atoms with Crippen LogP contribution in [0.25, 0.3) is 22.2 Å². The van der Waals surface area contributed by atoms with E-state index in [2.05, 4.69) is 25.6 Å². The Hall–Kier alpha value is -3.92. The number of carbonyl (C=O) groups is 1. The number of hydrogen-bond donors (Lipinski definition) is 2. The number of pyridine rings is 1. The van der Waals surface area contributed by atoms with Gasteiger partial charge in [0.1, 0.15) is 23.6 Å². The summed E-state index contributed by atoms with van der Waals surface area (Å²) >= 11 is 0. The van der Waals surface area contributed by atoms with Gasteiger partial charge in [-0.3, -0.25) is 0 Å². The summed E-state index contributed by atoms with van der Waals surface area (Å²) in [6, 6.07) is 8.66. The topological polar surface area (TPSA) is 88.0 Å². The van der Waals surface area contributed by atoms with Gasteiger partial charge in [0.2, 0.25) is 5.95 Å². The molecule has 3 heterocycles. The van der Waals surface area contributed by atoms with Crippen molar-refractivity contribution in [3.05, 3.63) is 60.1 Å². The van der Waals surface area contributed by atoms with Crippen molar-refractivity contribution in [2.45, 2.75) is 33.2 Å². The van der Waals surface area contributed by atoms with Crippen LogP contribution < -0.4 is 15.5 Å². The number of nitrogens with zero attached hydrogens (tertiary/aromatic N) is 5. The normalized spacial score (nSPS) is 11.3. The lowest BCUT2D eigenvalue weighted by Gasteiger charge is -2.19. The highest BCUT2D eigenvalue weighted by atomic mass is 19.1. The molecule has 0 saturated heterocycles. The number of likely N-dealkylation sites (N-methyl/N-ethyl adjacent to an activating group) is 1. The van der Waals surface area contributed by atoms with Crippen molar-refractivity contribution in [1.82, 2.24) is 24.8 Å². The molecule has 0 unspecified atom stereocenters. The maximum Gasteiger partial charge on any atom is 0.229 e. The summed E-state index contributed by atoms with van der Waals surface area (Å²) in [5.41, 5.74) is 2.87. The average Bonchev–Trinajstić information content (AvgIpc) is 3.22. The first-order chi connectivity index (χ1) is 17.8. The molecule has 0 fully saturated rings. The maximum atomic E-state index is 15.0. The molecule has 2 N–H and O–H groups in total. The third-order valence-electron chi connectivity index (χ3n) is 6.13.